The molecular formula is C28H26F3N5O2S. The van der Waals surface area contributed by atoms with Gasteiger partial charge in [-0.3, -0.25) is 4.79 Å². The Bertz CT molecular complexity index is 1610. The maximum atomic E-state index is 14.0. The molecule has 0 radical (unpaired) electrons. The first-order chi connectivity index (χ1) is 18.4. The summed E-state index contributed by atoms with van der Waals surface area (Å²) >= 11 is 1.35. The zero-order valence-corrected chi connectivity index (χ0v) is 22.6. The summed E-state index contributed by atoms with van der Waals surface area (Å²) in [5, 5.41) is 16.9. The van der Waals surface area contributed by atoms with Crippen LogP contribution in [0.1, 0.15) is 59.4 Å². The van der Waals surface area contributed by atoms with E-state index in [0.717, 1.165) is 35.8 Å². The molecule has 39 heavy (non-hydrogen) atoms. The van der Waals surface area contributed by atoms with E-state index in [1.807, 2.05) is 0 Å². The third-order valence-electron chi connectivity index (χ3n) is 7.16. The zero-order valence-electron chi connectivity index (χ0n) is 21.8. The van der Waals surface area contributed by atoms with Crippen molar-refractivity contribution in [2.45, 2.75) is 46.2 Å². The minimum absolute atomic E-state index is 0.0791. The summed E-state index contributed by atoms with van der Waals surface area (Å²) in [5.74, 6) is 0.297. The molecule has 5 rings (SSSR count). The van der Waals surface area contributed by atoms with Crippen molar-refractivity contribution in [1.82, 2.24) is 14.6 Å². The molecule has 11 heteroatoms. The summed E-state index contributed by atoms with van der Waals surface area (Å²) in [6.45, 7) is 6.57. The van der Waals surface area contributed by atoms with Crippen molar-refractivity contribution in [2.75, 3.05) is 12.4 Å². The van der Waals surface area contributed by atoms with Gasteiger partial charge in [0.05, 0.1) is 18.4 Å². The van der Waals surface area contributed by atoms with Gasteiger partial charge >= 0.3 is 6.18 Å². The van der Waals surface area contributed by atoms with Gasteiger partial charge in [0, 0.05) is 16.5 Å². The highest BCUT2D eigenvalue weighted by atomic mass is 32.1. The van der Waals surface area contributed by atoms with Crippen LogP contribution in [0.5, 0.6) is 5.75 Å². The highest BCUT2D eigenvalue weighted by molar-refractivity contribution is 7.16. The lowest BCUT2D eigenvalue weighted by atomic mass is 9.72. The normalized spacial score (nSPS) is 15.6. The van der Waals surface area contributed by atoms with E-state index in [9.17, 15) is 23.2 Å². The number of hydrogen-bond donors (Lipinski definition) is 1. The molecule has 0 saturated carbocycles. The Kier molecular flexibility index (Phi) is 6.63. The van der Waals surface area contributed by atoms with Gasteiger partial charge in [0.25, 0.3) is 5.91 Å². The highest BCUT2D eigenvalue weighted by Gasteiger charge is 2.36. The number of anilines is 1. The van der Waals surface area contributed by atoms with Crippen LogP contribution in [0.15, 0.2) is 36.4 Å². The Hall–Kier alpha value is -3.91. The van der Waals surface area contributed by atoms with Crippen LogP contribution in [0, 0.1) is 22.7 Å². The first-order valence-electron chi connectivity index (χ1n) is 12.4. The lowest BCUT2D eigenvalue weighted by Crippen LogP contribution is -2.26. The van der Waals surface area contributed by atoms with Crippen molar-refractivity contribution in [3.8, 4) is 23.1 Å². The maximum Gasteiger partial charge on any atom is 0.433 e. The van der Waals surface area contributed by atoms with Crippen LogP contribution in [-0.2, 0) is 19.0 Å². The van der Waals surface area contributed by atoms with Gasteiger partial charge in [-0.1, -0.05) is 20.8 Å². The van der Waals surface area contributed by atoms with E-state index in [-0.39, 0.29) is 22.5 Å². The molecule has 4 aromatic rings. The van der Waals surface area contributed by atoms with Gasteiger partial charge in [0.15, 0.2) is 17.0 Å². The fourth-order valence-corrected chi connectivity index (χ4v) is 6.17. The first kappa shape index (κ1) is 26.7. The van der Waals surface area contributed by atoms with Crippen LogP contribution in [0.2, 0.25) is 0 Å². The number of carbonyl (C=O) groups excluding carboxylic acids is 1. The lowest BCUT2D eigenvalue weighted by Gasteiger charge is -2.33. The predicted molar refractivity (Wildman–Crippen MR) is 142 cm³/mol. The first-order valence-corrected chi connectivity index (χ1v) is 13.2. The van der Waals surface area contributed by atoms with Gasteiger partial charge in [-0.25, -0.2) is 9.50 Å². The van der Waals surface area contributed by atoms with E-state index < -0.39 is 17.8 Å². The van der Waals surface area contributed by atoms with E-state index in [4.69, 9.17) is 4.74 Å². The van der Waals surface area contributed by atoms with Crippen molar-refractivity contribution < 1.29 is 22.7 Å². The Morgan fingerprint density at radius 3 is 2.54 bits per heavy atom. The Balaban J connectivity index is 1.49. The molecular weight excluding hydrogens is 527 g/mol. The molecule has 0 saturated heterocycles. The van der Waals surface area contributed by atoms with Crippen molar-refractivity contribution in [3.05, 3.63) is 63.8 Å². The van der Waals surface area contributed by atoms with E-state index in [1.165, 1.54) is 24.5 Å². The number of ether oxygens (including phenoxy) is 1. The van der Waals surface area contributed by atoms with Crippen LogP contribution in [0.25, 0.3) is 16.9 Å². The summed E-state index contributed by atoms with van der Waals surface area (Å²) in [6.07, 6.45) is -2.24. The molecule has 0 unspecified atom stereocenters. The molecule has 202 valence electrons. The number of thiophene rings is 1. The standard InChI is InChI=1S/C28H26F3N5O2S/c1-27(2,3)16-7-10-18-19(14-32)26(39-22(18)11-16)34-25(37)21-13-24-33-20(15-5-8-17(38-4)9-6-15)12-23(28(29,30)31)36(24)35-21/h5-6,8-9,12-13,16H,7,10-11H2,1-4H3,(H,34,37)/t16-/m1/s1. The Labute approximate surface area is 227 Å². The van der Waals surface area contributed by atoms with Crippen LogP contribution in [-0.4, -0.2) is 27.6 Å². The van der Waals surface area contributed by atoms with Crippen LogP contribution in [0.3, 0.4) is 0 Å². The fourth-order valence-electron chi connectivity index (χ4n) is 4.90. The number of carbonyl (C=O) groups is 1. The van der Waals surface area contributed by atoms with E-state index in [1.54, 1.807) is 24.3 Å². The highest BCUT2D eigenvalue weighted by Crippen LogP contribution is 2.44. The molecule has 0 aliphatic heterocycles. The molecule has 7 nitrogen and oxygen atoms in total. The minimum Gasteiger partial charge on any atom is -0.497 e. The number of rotatable bonds is 4. The molecule has 3 heterocycles. The van der Waals surface area contributed by atoms with Crippen LogP contribution < -0.4 is 10.1 Å². The molecule has 3 aromatic heterocycles. The van der Waals surface area contributed by atoms with Crippen LogP contribution >= 0.6 is 11.3 Å². The zero-order chi connectivity index (χ0) is 28.1. The Morgan fingerprint density at radius 2 is 1.92 bits per heavy atom. The number of hydrogen-bond acceptors (Lipinski definition) is 6. The number of fused-ring (bicyclic) bond motifs is 2. The second-order valence-corrected chi connectivity index (χ2v) is 11.7. The van der Waals surface area contributed by atoms with Crippen molar-refractivity contribution in [3.63, 3.8) is 0 Å². The lowest BCUT2D eigenvalue weighted by molar-refractivity contribution is -0.142. The number of aromatic nitrogens is 3. The Morgan fingerprint density at radius 1 is 1.21 bits per heavy atom. The van der Waals surface area contributed by atoms with Crippen molar-refractivity contribution in [2.24, 2.45) is 11.3 Å². The molecule has 1 aliphatic carbocycles. The molecule has 1 aromatic carbocycles. The summed E-state index contributed by atoms with van der Waals surface area (Å²) in [4.78, 5) is 18.6. The average molecular weight is 554 g/mol. The summed E-state index contributed by atoms with van der Waals surface area (Å²) in [5.41, 5.74) is 0.580. The molecule has 1 aliphatic rings. The predicted octanol–water partition coefficient (Wildman–Crippen LogP) is 6.76. The van der Waals surface area contributed by atoms with E-state index >= 15 is 0 Å². The summed E-state index contributed by atoms with van der Waals surface area (Å²) in [6, 6.07) is 10.8. The molecule has 0 fully saturated rings. The number of methoxy groups -OCH3 is 1. The van der Waals surface area contributed by atoms with Gasteiger partial charge < -0.3 is 10.1 Å². The van der Waals surface area contributed by atoms with Gasteiger partial charge in [-0.2, -0.15) is 23.5 Å². The third kappa shape index (κ3) is 5.08. The van der Waals surface area contributed by atoms with Gasteiger partial charge in [0.2, 0.25) is 0 Å². The minimum atomic E-state index is -4.74. The van der Waals surface area contributed by atoms with E-state index in [2.05, 4.69) is 42.2 Å². The van der Waals surface area contributed by atoms with Gasteiger partial charge in [-0.05, 0) is 66.5 Å². The summed E-state index contributed by atoms with van der Waals surface area (Å²) in [7, 11) is 1.49. The second-order valence-electron chi connectivity index (χ2n) is 10.6. The number of nitrogens with one attached hydrogen (secondary N) is 1. The maximum absolute atomic E-state index is 14.0. The number of halogens is 3. The number of alkyl halides is 3. The van der Waals surface area contributed by atoms with Crippen LogP contribution in [0.4, 0.5) is 18.2 Å². The molecule has 0 spiro atoms. The number of nitrogens with zero attached hydrogens (tertiary/aromatic N) is 4. The number of amides is 1. The smallest absolute Gasteiger partial charge is 0.433 e. The molecule has 1 N–H and O–H groups in total. The average Bonchev–Trinajstić information content (AvgIpc) is 3.47. The topological polar surface area (TPSA) is 92.3 Å². The number of benzene rings is 1. The monoisotopic (exact) mass is 553 g/mol. The second kappa shape index (κ2) is 9.68. The molecule has 1 amide bonds. The fraction of sp³-hybridized carbons (Fsp3) is 0.357. The summed E-state index contributed by atoms with van der Waals surface area (Å²) < 4.78 is 47.7. The van der Waals surface area contributed by atoms with Gasteiger partial charge in [0.1, 0.15) is 16.8 Å². The molecule has 1 atom stereocenters. The SMILES string of the molecule is COc1ccc(-c2cc(C(F)(F)F)n3nc(C(=O)Nc4sc5c(c4C#N)CC[C@@H](C(C)(C)C)C5)cc3n2)cc1. The third-order valence-corrected chi connectivity index (χ3v) is 8.33. The van der Waals surface area contributed by atoms with E-state index in [0.29, 0.717) is 32.3 Å². The van der Waals surface area contributed by atoms with Gasteiger partial charge in [-0.15, -0.1) is 11.3 Å². The quantitative estimate of drug-likeness (QED) is 0.301. The van der Waals surface area contributed by atoms with Crippen molar-refractivity contribution in [1.29, 1.82) is 5.26 Å². The molecule has 0 bridgehead atoms. The largest absolute Gasteiger partial charge is 0.497 e. The number of nitriles is 1. The van der Waals surface area contributed by atoms with Crippen molar-refractivity contribution >= 4 is 27.9 Å².